The van der Waals surface area contributed by atoms with Gasteiger partial charge in [-0.2, -0.15) is 26.3 Å². The van der Waals surface area contributed by atoms with Crippen LogP contribution >= 0.6 is 23.2 Å². The molecular formula is C31H28Cl2F6N2O4. The molecule has 6 nitrogen and oxygen atoms in total. The van der Waals surface area contributed by atoms with Gasteiger partial charge in [0, 0.05) is 12.7 Å². The zero-order chi connectivity index (χ0) is 34.1. The first-order valence-corrected chi connectivity index (χ1v) is 13.4. The molecule has 0 saturated heterocycles. The Balaban J connectivity index is 0.000000250. The minimum Gasteiger partial charge on any atom is -0.504 e. The predicted molar refractivity (Wildman–Crippen MR) is 163 cm³/mol. The standard InChI is InChI=1S/C15H9ClF3NO.C8H7F3O.C7H8ClNO.CH4O/c1-8-6-11(16)13-12(7-8)20-14(21-13)9-2-4-10(5-3-9)15(17,18)19;1-12-7-4-2-6(3-5-7)8(9,10)11;1-4-2-5(8)7(10)6(9)3-4;1-2/h2-7H,1H3;2-5H,1H3;2-3,10H,9H2,1H3;2H,1H3. The van der Waals surface area contributed by atoms with Crippen molar-refractivity contribution in [2.24, 2.45) is 0 Å². The number of aliphatic hydroxyl groups is 1. The van der Waals surface area contributed by atoms with Crippen LogP contribution in [0.5, 0.6) is 11.5 Å². The van der Waals surface area contributed by atoms with Crippen molar-refractivity contribution in [2.45, 2.75) is 26.2 Å². The predicted octanol–water partition coefficient (Wildman–Crippen LogP) is 9.73. The zero-order valence-corrected chi connectivity index (χ0v) is 25.7. The Hall–Kier alpha value is -4.13. The third-order valence-electron chi connectivity index (χ3n) is 5.70. The normalized spacial score (nSPS) is 11.0. The highest BCUT2D eigenvalue weighted by molar-refractivity contribution is 6.34. The summed E-state index contributed by atoms with van der Waals surface area (Å²) in [6, 6.07) is 16.1. The molecule has 0 atom stereocenters. The molecule has 5 aromatic rings. The molecule has 0 spiro atoms. The van der Waals surface area contributed by atoms with Crippen molar-refractivity contribution in [1.29, 1.82) is 0 Å². The van der Waals surface area contributed by atoms with E-state index < -0.39 is 23.5 Å². The number of hydrogen-bond donors (Lipinski definition) is 3. The number of aromatic hydroxyl groups is 1. The Morgan fingerprint density at radius 2 is 1.22 bits per heavy atom. The maximum absolute atomic E-state index is 12.5. The number of alkyl halides is 6. The fourth-order valence-corrected chi connectivity index (χ4v) is 4.18. The number of phenols is 1. The lowest BCUT2D eigenvalue weighted by atomic mass is 10.1. The summed E-state index contributed by atoms with van der Waals surface area (Å²) in [6.07, 6.45) is -8.63. The molecule has 0 fully saturated rings. The van der Waals surface area contributed by atoms with Crippen molar-refractivity contribution in [2.75, 3.05) is 20.0 Å². The van der Waals surface area contributed by atoms with Crippen LogP contribution in [0.4, 0.5) is 32.0 Å². The molecule has 1 heterocycles. The number of nitrogens with two attached hydrogens (primary N) is 1. The van der Waals surface area contributed by atoms with Crippen molar-refractivity contribution in [3.8, 4) is 23.0 Å². The number of halogens is 8. The van der Waals surface area contributed by atoms with Gasteiger partial charge in [0.1, 0.15) is 11.3 Å². The second-order valence-corrected chi connectivity index (χ2v) is 9.91. The summed E-state index contributed by atoms with van der Waals surface area (Å²) in [5.41, 5.74) is 7.68. The van der Waals surface area contributed by atoms with Gasteiger partial charge in [0.15, 0.2) is 11.3 Å². The number of nitrogens with zero attached hydrogens (tertiary/aromatic N) is 1. The average molecular weight is 677 g/mol. The van der Waals surface area contributed by atoms with Gasteiger partial charge in [-0.25, -0.2) is 4.98 Å². The quantitative estimate of drug-likeness (QED) is 0.0977. The first kappa shape index (κ1) is 37.1. The van der Waals surface area contributed by atoms with E-state index in [1.165, 1.54) is 31.4 Å². The van der Waals surface area contributed by atoms with E-state index in [4.69, 9.17) is 48.3 Å². The molecule has 1 aromatic heterocycles. The molecule has 242 valence electrons. The number of phenolic OH excluding ortho intramolecular Hbond substituents is 1. The van der Waals surface area contributed by atoms with Crippen LogP contribution in [0.2, 0.25) is 10.0 Å². The van der Waals surface area contributed by atoms with Crippen LogP contribution in [-0.2, 0) is 12.4 Å². The Morgan fingerprint density at radius 3 is 1.69 bits per heavy atom. The minimum absolute atomic E-state index is 0.0349. The first-order valence-electron chi connectivity index (χ1n) is 12.6. The van der Waals surface area contributed by atoms with Gasteiger partial charge in [-0.05, 0) is 97.8 Å². The fourth-order valence-electron chi connectivity index (χ4n) is 3.59. The van der Waals surface area contributed by atoms with Crippen molar-refractivity contribution in [1.82, 2.24) is 4.98 Å². The highest BCUT2D eigenvalue weighted by atomic mass is 35.5. The van der Waals surface area contributed by atoms with E-state index in [1.54, 1.807) is 24.3 Å². The van der Waals surface area contributed by atoms with Crippen molar-refractivity contribution >= 4 is 40.0 Å². The summed E-state index contributed by atoms with van der Waals surface area (Å²) in [7, 11) is 2.41. The van der Waals surface area contributed by atoms with E-state index in [2.05, 4.69) is 4.98 Å². The molecule has 4 N–H and O–H groups in total. The topological polar surface area (TPSA) is 102 Å². The molecule has 5 rings (SSSR count). The van der Waals surface area contributed by atoms with E-state index in [1.807, 2.05) is 13.8 Å². The number of benzene rings is 4. The van der Waals surface area contributed by atoms with Gasteiger partial charge in [0.25, 0.3) is 0 Å². The highest BCUT2D eigenvalue weighted by Gasteiger charge is 2.30. The summed E-state index contributed by atoms with van der Waals surface area (Å²) >= 11 is 11.7. The van der Waals surface area contributed by atoms with Crippen LogP contribution in [0.3, 0.4) is 0 Å². The number of oxazole rings is 1. The lowest BCUT2D eigenvalue weighted by Crippen LogP contribution is -2.03. The minimum atomic E-state index is -4.36. The third-order valence-corrected chi connectivity index (χ3v) is 6.27. The molecule has 0 unspecified atom stereocenters. The highest BCUT2D eigenvalue weighted by Crippen LogP contribution is 2.34. The van der Waals surface area contributed by atoms with E-state index in [9.17, 15) is 26.3 Å². The van der Waals surface area contributed by atoms with Gasteiger partial charge in [-0.15, -0.1) is 0 Å². The second kappa shape index (κ2) is 15.7. The summed E-state index contributed by atoms with van der Waals surface area (Å²) < 4.78 is 83.8. The number of aryl methyl sites for hydroxylation is 2. The number of hydrogen-bond acceptors (Lipinski definition) is 6. The number of methoxy groups -OCH3 is 1. The zero-order valence-electron chi connectivity index (χ0n) is 24.2. The molecule has 45 heavy (non-hydrogen) atoms. The van der Waals surface area contributed by atoms with Crippen LogP contribution in [0.15, 0.2) is 77.2 Å². The molecule has 4 aromatic carbocycles. The lowest BCUT2D eigenvalue weighted by Gasteiger charge is -2.06. The summed E-state index contributed by atoms with van der Waals surface area (Å²) in [4.78, 5) is 4.26. The molecule has 0 aliphatic heterocycles. The van der Waals surface area contributed by atoms with Crippen LogP contribution < -0.4 is 10.5 Å². The summed E-state index contributed by atoms with van der Waals surface area (Å²) in [5.74, 6) is 0.626. The molecule has 0 bridgehead atoms. The Bertz CT molecular complexity index is 1670. The van der Waals surface area contributed by atoms with E-state index >= 15 is 0 Å². The van der Waals surface area contributed by atoms with Crippen LogP contribution in [0.25, 0.3) is 22.6 Å². The Kier molecular flexibility index (Phi) is 13.0. The average Bonchev–Trinajstić information content (AvgIpc) is 3.41. The molecule has 0 amide bonds. The molecule has 0 aliphatic rings. The number of aliphatic hydroxyl groups excluding tert-OH is 1. The second-order valence-electron chi connectivity index (χ2n) is 9.10. The Morgan fingerprint density at radius 1 is 0.756 bits per heavy atom. The smallest absolute Gasteiger partial charge is 0.416 e. The number of ether oxygens (including phenoxy) is 1. The number of rotatable bonds is 2. The molecule has 14 heteroatoms. The van der Waals surface area contributed by atoms with Gasteiger partial charge < -0.3 is 25.1 Å². The van der Waals surface area contributed by atoms with E-state index in [0.717, 1.165) is 42.5 Å². The van der Waals surface area contributed by atoms with Gasteiger partial charge in [-0.1, -0.05) is 23.2 Å². The monoisotopic (exact) mass is 676 g/mol. The van der Waals surface area contributed by atoms with Crippen LogP contribution in [-0.4, -0.2) is 29.4 Å². The van der Waals surface area contributed by atoms with E-state index in [-0.39, 0.29) is 11.6 Å². The van der Waals surface area contributed by atoms with Gasteiger partial charge >= 0.3 is 12.4 Å². The Labute approximate surface area is 264 Å². The van der Waals surface area contributed by atoms with Crippen LogP contribution in [0, 0.1) is 13.8 Å². The summed E-state index contributed by atoms with van der Waals surface area (Å²) in [5, 5.41) is 16.8. The van der Waals surface area contributed by atoms with E-state index in [0.29, 0.717) is 38.1 Å². The molecular weight excluding hydrogens is 649 g/mol. The van der Waals surface area contributed by atoms with Gasteiger partial charge in [0.05, 0.1) is 34.0 Å². The lowest BCUT2D eigenvalue weighted by molar-refractivity contribution is -0.138. The number of nitrogen functional groups attached to an aromatic ring is 1. The molecule has 0 saturated carbocycles. The number of anilines is 1. The van der Waals surface area contributed by atoms with Gasteiger partial charge in [-0.3, -0.25) is 0 Å². The molecule has 0 aliphatic carbocycles. The maximum atomic E-state index is 12.5. The van der Waals surface area contributed by atoms with Crippen molar-refractivity contribution in [3.05, 3.63) is 105 Å². The summed E-state index contributed by atoms with van der Waals surface area (Å²) in [6.45, 7) is 3.74. The SMILES string of the molecule is CO.COc1ccc(C(F)(F)F)cc1.Cc1cc(Cl)c2oc(-c3ccc(C(F)(F)F)cc3)nc2c1.Cc1cc(N)c(O)c(Cl)c1. The fraction of sp³-hybridized carbons (Fsp3) is 0.194. The van der Waals surface area contributed by atoms with Crippen molar-refractivity contribution < 1.29 is 45.7 Å². The molecule has 0 radical (unpaired) electrons. The third kappa shape index (κ3) is 10.5. The maximum Gasteiger partial charge on any atom is 0.416 e. The first-order chi connectivity index (χ1) is 21.0. The number of aromatic nitrogens is 1. The number of fused-ring (bicyclic) bond motifs is 1. The van der Waals surface area contributed by atoms with Crippen molar-refractivity contribution in [3.63, 3.8) is 0 Å². The van der Waals surface area contributed by atoms with Crippen LogP contribution in [0.1, 0.15) is 22.3 Å². The largest absolute Gasteiger partial charge is 0.504 e. The van der Waals surface area contributed by atoms with Gasteiger partial charge in [0.2, 0.25) is 5.89 Å².